The summed E-state index contributed by atoms with van der Waals surface area (Å²) in [6.07, 6.45) is -1.94. The van der Waals surface area contributed by atoms with Gasteiger partial charge in [-0.1, -0.05) is 13.8 Å². The Bertz CT molecular complexity index is 218. The second kappa shape index (κ2) is 4.94. The Labute approximate surface area is 77.0 Å². The van der Waals surface area contributed by atoms with Crippen LogP contribution in [0.25, 0.3) is 0 Å². The van der Waals surface area contributed by atoms with Crippen LogP contribution in [0.2, 0.25) is 0 Å². The van der Waals surface area contributed by atoms with Crippen LogP contribution in [0.3, 0.4) is 0 Å². The highest BCUT2D eigenvalue weighted by Gasteiger charge is 2.19. The lowest BCUT2D eigenvalue weighted by Crippen LogP contribution is -2.29. The molecule has 13 heavy (non-hydrogen) atoms. The minimum absolute atomic E-state index is 0.167. The molecule has 0 saturated heterocycles. The van der Waals surface area contributed by atoms with Crippen LogP contribution in [0.5, 0.6) is 0 Å². The molecule has 0 heterocycles. The third kappa shape index (κ3) is 4.01. The van der Waals surface area contributed by atoms with Gasteiger partial charge in [-0.25, -0.2) is 0 Å². The number of Topliss-reactive ketones (excluding diaryl/α,β-unsaturated/α-hetero) is 1. The summed E-state index contributed by atoms with van der Waals surface area (Å²) < 4.78 is 24.5. The Hall–Kier alpha value is -0.930. The number of ketones is 1. The molecule has 0 aromatic rings. The van der Waals surface area contributed by atoms with Gasteiger partial charge in [-0.05, 0) is 13.8 Å². The van der Waals surface area contributed by atoms with E-state index in [0.29, 0.717) is 0 Å². The monoisotopic (exact) mass is 191 g/mol. The lowest BCUT2D eigenvalue weighted by Gasteiger charge is -2.13. The van der Waals surface area contributed by atoms with Crippen LogP contribution < -0.4 is 5.32 Å². The van der Waals surface area contributed by atoms with Crippen molar-refractivity contribution in [1.82, 2.24) is 5.32 Å². The van der Waals surface area contributed by atoms with E-state index in [1.54, 1.807) is 27.7 Å². The summed E-state index contributed by atoms with van der Waals surface area (Å²) in [6.45, 7) is 6.59. The molecular formula is C9H15F2NO. The molecule has 0 fully saturated rings. The summed E-state index contributed by atoms with van der Waals surface area (Å²) in [5, 5.41) is 2.44. The highest BCUT2D eigenvalue weighted by atomic mass is 19.3. The van der Waals surface area contributed by atoms with Crippen molar-refractivity contribution in [2.45, 2.75) is 33.7 Å². The smallest absolute Gasteiger partial charge is 0.296 e. The quantitative estimate of drug-likeness (QED) is 0.691. The van der Waals surface area contributed by atoms with Gasteiger partial charge in [-0.15, -0.1) is 0 Å². The zero-order valence-corrected chi connectivity index (χ0v) is 8.32. The second-order valence-electron chi connectivity index (χ2n) is 3.45. The molecule has 0 aliphatic carbocycles. The summed E-state index contributed by atoms with van der Waals surface area (Å²) in [7, 11) is 0. The van der Waals surface area contributed by atoms with E-state index in [9.17, 15) is 13.6 Å². The van der Waals surface area contributed by atoms with Crippen molar-refractivity contribution in [3.05, 3.63) is 11.8 Å². The van der Waals surface area contributed by atoms with E-state index in [-0.39, 0.29) is 6.04 Å². The van der Waals surface area contributed by atoms with E-state index < -0.39 is 23.5 Å². The molecule has 0 aromatic carbocycles. The average molecular weight is 191 g/mol. The average Bonchev–Trinajstić information content (AvgIpc) is 1.97. The number of nitrogens with one attached hydrogen (secondary N) is 1. The van der Waals surface area contributed by atoms with Gasteiger partial charge in [0.05, 0.1) is 0 Å². The molecular weight excluding hydrogens is 176 g/mol. The molecule has 0 radical (unpaired) electrons. The van der Waals surface area contributed by atoms with Crippen molar-refractivity contribution in [2.75, 3.05) is 0 Å². The lowest BCUT2D eigenvalue weighted by atomic mass is 10.1. The van der Waals surface area contributed by atoms with E-state index in [1.807, 2.05) is 0 Å². The highest BCUT2D eigenvalue weighted by Crippen LogP contribution is 2.11. The summed E-state index contributed by atoms with van der Waals surface area (Å²) >= 11 is 0. The van der Waals surface area contributed by atoms with Gasteiger partial charge in [-0.3, -0.25) is 4.79 Å². The fourth-order valence-electron chi connectivity index (χ4n) is 0.796. The topological polar surface area (TPSA) is 29.1 Å². The Balaban J connectivity index is 4.65. The molecule has 0 rings (SSSR count). The summed E-state index contributed by atoms with van der Waals surface area (Å²) in [4.78, 5) is 11.2. The van der Waals surface area contributed by atoms with E-state index in [4.69, 9.17) is 0 Å². The first-order chi connectivity index (χ1) is 5.86. The van der Waals surface area contributed by atoms with Crippen LogP contribution in [0.15, 0.2) is 11.8 Å². The van der Waals surface area contributed by atoms with Gasteiger partial charge in [0.25, 0.3) is 6.08 Å². The van der Waals surface area contributed by atoms with Crippen LogP contribution >= 0.6 is 0 Å². The summed E-state index contributed by atoms with van der Waals surface area (Å²) in [5.74, 6) is -0.962. The van der Waals surface area contributed by atoms with Gasteiger partial charge in [0.15, 0.2) is 5.78 Å². The molecule has 0 bridgehead atoms. The Kier molecular flexibility index (Phi) is 4.59. The molecule has 0 unspecified atom stereocenters. The molecule has 0 amide bonds. The van der Waals surface area contributed by atoms with Crippen LogP contribution in [-0.4, -0.2) is 11.8 Å². The number of halogens is 2. The largest absolute Gasteiger partial charge is 0.376 e. The standard InChI is InChI=1S/C9H15F2NO/c1-5(2)8(13)7(9(10)11)12-6(3)4/h5-6,12H,1-4H3. The molecule has 2 nitrogen and oxygen atoms in total. The molecule has 76 valence electrons. The SMILES string of the molecule is CC(C)NC(C(=O)C(C)C)=C(F)F. The number of allylic oxidation sites excluding steroid dienone is 1. The Morgan fingerprint density at radius 2 is 1.62 bits per heavy atom. The minimum Gasteiger partial charge on any atom is -0.376 e. The normalized spacial score (nSPS) is 10.5. The number of hydrogen-bond acceptors (Lipinski definition) is 2. The molecule has 0 aliphatic heterocycles. The number of carbonyl (C=O) groups is 1. The minimum atomic E-state index is -1.94. The van der Waals surface area contributed by atoms with Crippen molar-refractivity contribution in [3.63, 3.8) is 0 Å². The van der Waals surface area contributed by atoms with Gasteiger partial charge in [0, 0.05) is 12.0 Å². The molecule has 0 spiro atoms. The summed E-state index contributed by atoms with van der Waals surface area (Å²) in [5.41, 5.74) is -0.551. The third-order valence-electron chi connectivity index (χ3n) is 1.39. The fourth-order valence-corrected chi connectivity index (χ4v) is 0.796. The first kappa shape index (κ1) is 12.1. The molecule has 0 aromatic heterocycles. The van der Waals surface area contributed by atoms with Crippen molar-refractivity contribution in [2.24, 2.45) is 5.92 Å². The maximum atomic E-state index is 12.3. The van der Waals surface area contributed by atoms with Crippen molar-refractivity contribution in [1.29, 1.82) is 0 Å². The van der Waals surface area contributed by atoms with Crippen molar-refractivity contribution in [3.8, 4) is 0 Å². The van der Waals surface area contributed by atoms with E-state index in [1.165, 1.54) is 0 Å². The first-order valence-electron chi connectivity index (χ1n) is 4.22. The molecule has 0 saturated carbocycles. The van der Waals surface area contributed by atoms with E-state index in [0.717, 1.165) is 0 Å². The number of hydrogen-bond donors (Lipinski definition) is 1. The zero-order chi connectivity index (χ0) is 10.6. The predicted octanol–water partition coefficient (Wildman–Crippen LogP) is 2.32. The fraction of sp³-hybridized carbons (Fsp3) is 0.667. The Morgan fingerprint density at radius 3 is 1.85 bits per heavy atom. The highest BCUT2D eigenvalue weighted by molar-refractivity contribution is 5.96. The van der Waals surface area contributed by atoms with E-state index >= 15 is 0 Å². The maximum Gasteiger partial charge on any atom is 0.296 e. The van der Waals surface area contributed by atoms with Crippen LogP contribution in [0.1, 0.15) is 27.7 Å². The van der Waals surface area contributed by atoms with Gasteiger partial charge < -0.3 is 5.32 Å². The predicted molar refractivity (Wildman–Crippen MR) is 47.4 cm³/mol. The lowest BCUT2D eigenvalue weighted by molar-refractivity contribution is -0.119. The van der Waals surface area contributed by atoms with Crippen molar-refractivity contribution < 1.29 is 13.6 Å². The number of carbonyl (C=O) groups excluding carboxylic acids is 1. The molecule has 0 atom stereocenters. The zero-order valence-electron chi connectivity index (χ0n) is 8.32. The summed E-state index contributed by atoms with van der Waals surface area (Å²) in [6, 6.07) is -0.167. The van der Waals surface area contributed by atoms with Gasteiger partial charge in [0.1, 0.15) is 5.70 Å². The number of rotatable bonds is 4. The van der Waals surface area contributed by atoms with Gasteiger partial charge in [-0.2, -0.15) is 8.78 Å². The van der Waals surface area contributed by atoms with Crippen LogP contribution in [0.4, 0.5) is 8.78 Å². The second-order valence-corrected chi connectivity index (χ2v) is 3.45. The van der Waals surface area contributed by atoms with Gasteiger partial charge >= 0.3 is 0 Å². The molecule has 1 N–H and O–H groups in total. The maximum absolute atomic E-state index is 12.3. The molecule has 0 aliphatic rings. The van der Waals surface area contributed by atoms with Crippen LogP contribution in [0, 0.1) is 5.92 Å². The van der Waals surface area contributed by atoms with Gasteiger partial charge in [0.2, 0.25) is 0 Å². The third-order valence-corrected chi connectivity index (χ3v) is 1.39. The first-order valence-corrected chi connectivity index (χ1v) is 4.22. The van der Waals surface area contributed by atoms with E-state index in [2.05, 4.69) is 5.32 Å². The Morgan fingerprint density at radius 1 is 1.15 bits per heavy atom. The van der Waals surface area contributed by atoms with Crippen molar-refractivity contribution >= 4 is 5.78 Å². The van der Waals surface area contributed by atoms with Crippen LogP contribution in [-0.2, 0) is 4.79 Å². The molecule has 4 heteroatoms.